The van der Waals surface area contributed by atoms with E-state index >= 15 is 0 Å². The van der Waals surface area contributed by atoms with Crippen molar-refractivity contribution >= 4 is 17.6 Å². The van der Waals surface area contributed by atoms with Crippen molar-refractivity contribution in [3.05, 3.63) is 63.9 Å². The summed E-state index contributed by atoms with van der Waals surface area (Å²) >= 11 is 5.76. The van der Waals surface area contributed by atoms with Crippen LogP contribution in [-0.2, 0) is 6.42 Å². The first-order chi connectivity index (χ1) is 11.9. The number of hydrogen-bond donors (Lipinski definition) is 4. The molecule has 0 saturated carbocycles. The van der Waals surface area contributed by atoms with E-state index in [4.69, 9.17) is 11.6 Å². The standard InChI is InChI=1S/C18H18ClFN2O3/c19-12-5-11(6-13(20)7-12)17(24)9-21-18(25)22-16-4-2-10-1-3-14(23)8-15(10)16/h1,3,5-8,16-17,23-24H,2,4,9H2,(H2,21,22,25). The van der Waals surface area contributed by atoms with Gasteiger partial charge < -0.3 is 20.8 Å². The summed E-state index contributed by atoms with van der Waals surface area (Å²) in [6, 6.07) is 8.26. The Bertz CT molecular complexity index is 780. The highest BCUT2D eigenvalue weighted by atomic mass is 35.5. The number of halogens is 2. The van der Waals surface area contributed by atoms with Gasteiger partial charge in [0.25, 0.3) is 0 Å². The number of rotatable bonds is 4. The zero-order valence-corrected chi connectivity index (χ0v) is 14.1. The van der Waals surface area contributed by atoms with Crippen LogP contribution in [0.25, 0.3) is 0 Å². The molecule has 0 aliphatic heterocycles. The second kappa shape index (κ2) is 7.29. The first-order valence-corrected chi connectivity index (χ1v) is 8.30. The van der Waals surface area contributed by atoms with Gasteiger partial charge in [0.2, 0.25) is 0 Å². The lowest BCUT2D eigenvalue weighted by Crippen LogP contribution is -2.39. The van der Waals surface area contributed by atoms with E-state index in [0.29, 0.717) is 5.56 Å². The Hall–Kier alpha value is -2.31. The fourth-order valence-electron chi connectivity index (χ4n) is 3.02. The molecule has 0 heterocycles. The van der Waals surface area contributed by atoms with Gasteiger partial charge in [0.15, 0.2) is 0 Å². The molecule has 25 heavy (non-hydrogen) atoms. The molecule has 0 fully saturated rings. The number of aliphatic hydroxyl groups is 1. The predicted molar refractivity (Wildman–Crippen MR) is 92.1 cm³/mol. The molecule has 2 aromatic carbocycles. The van der Waals surface area contributed by atoms with Gasteiger partial charge in [-0.05, 0) is 59.9 Å². The maximum atomic E-state index is 13.3. The van der Waals surface area contributed by atoms with Gasteiger partial charge in [0, 0.05) is 11.6 Å². The molecule has 0 bridgehead atoms. The summed E-state index contributed by atoms with van der Waals surface area (Å²) in [5, 5.41) is 25.2. The van der Waals surface area contributed by atoms with Gasteiger partial charge in [0.05, 0.1) is 12.1 Å². The second-order valence-corrected chi connectivity index (χ2v) is 6.48. The number of aryl methyl sites for hydroxylation is 1. The number of amides is 2. The number of benzene rings is 2. The van der Waals surface area contributed by atoms with Crippen LogP contribution in [0.1, 0.15) is 35.3 Å². The van der Waals surface area contributed by atoms with E-state index in [-0.39, 0.29) is 23.4 Å². The fraction of sp³-hybridized carbons (Fsp3) is 0.278. The SMILES string of the molecule is O=C(NCC(O)c1cc(F)cc(Cl)c1)NC1CCc2ccc(O)cc21. The highest BCUT2D eigenvalue weighted by Crippen LogP contribution is 2.33. The van der Waals surface area contributed by atoms with E-state index in [2.05, 4.69) is 10.6 Å². The van der Waals surface area contributed by atoms with Crippen molar-refractivity contribution in [2.24, 2.45) is 0 Å². The minimum atomic E-state index is -1.07. The van der Waals surface area contributed by atoms with Crippen molar-refractivity contribution in [3.63, 3.8) is 0 Å². The van der Waals surface area contributed by atoms with Gasteiger partial charge in [-0.3, -0.25) is 0 Å². The number of carbonyl (C=O) groups is 1. The monoisotopic (exact) mass is 364 g/mol. The number of phenols is 1. The molecule has 2 unspecified atom stereocenters. The third-order valence-corrected chi connectivity index (χ3v) is 4.46. The summed E-state index contributed by atoms with van der Waals surface area (Å²) in [6.07, 6.45) is 0.498. The summed E-state index contributed by atoms with van der Waals surface area (Å²) in [7, 11) is 0. The first kappa shape index (κ1) is 17.5. The van der Waals surface area contributed by atoms with Gasteiger partial charge in [-0.15, -0.1) is 0 Å². The molecule has 1 aliphatic carbocycles. The lowest BCUT2D eigenvalue weighted by molar-refractivity contribution is 0.172. The summed E-state index contributed by atoms with van der Waals surface area (Å²) in [6.45, 7) is -0.0781. The lowest BCUT2D eigenvalue weighted by atomic mass is 10.1. The van der Waals surface area contributed by atoms with Gasteiger partial charge in [-0.25, -0.2) is 9.18 Å². The highest BCUT2D eigenvalue weighted by molar-refractivity contribution is 6.30. The summed E-state index contributed by atoms with van der Waals surface area (Å²) in [5.41, 5.74) is 2.28. The Labute approximate surface area is 149 Å². The number of aliphatic hydroxyl groups excluding tert-OH is 1. The van der Waals surface area contributed by atoms with Crippen molar-refractivity contribution in [2.75, 3.05) is 6.54 Å². The summed E-state index contributed by atoms with van der Waals surface area (Å²) in [4.78, 5) is 12.1. The van der Waals surface area contributed by atoms with Crippen LogP contribution in [0.15, 0.2) is 36.4 Å². The molecule has 0 aromatic heterocycles. The number of phenolic OH excluding ortho intramolecular Hbond substituents is 1. The third kappa shape index (κ3) is 4.21. The van der Waals surface area contributed by atoms with E-state index in [0.717, 1.165) is 30.0 Å². The van der Waals surface area contributed by atoms with Gasteiger partial charge in [-0.2, -0.15) is 0 Å². The smallest absolute Gasteiger partial charge is 0.315 e. The Morgan fingerprint density at radius 3 is 2.88 bits per heavy atom. The van der Waals surface area contributed by atoms with Crippen molar-refractivity contribution in [1.82, 2.24) is 10.6 Å². The largest absolute Gasteiger partial charge is 0.508 e. The van der Waals surface area contributed by atoms with Gasteiger partial charge in [0.1, 0.15) is 11.6 Å². The molecule has 4 N–H and O–H groups in total. The molecular weight excluding hydrogens is 347 g/mol. The maximum Gasteiger partial charge on any atom is 0.315 e. The zero-order chi connectivity index (χ0) is 18.0. The fourth-order valence-corrected chi connectivity index (χ4v) is 3.25. The summed E-state index contributed by atoms with van der Waals surface area (Å²) < 4.78 is 13.3. The normalized spacial score (nSPS) is 17.0. The Morgan fingerprint density at radius 1 is 1.32 bits per heavy atom. The van der Waals surface area contributed by atoms with Crippen LogP contribution in [0.4, 0.5) is 9.18 Å². The number of hydrogen-bond acceptors (Lipinski definition) is 3. The molecule has 0 radical (unpaired) electrons. The highest BCUT2D eigenvalue weighted by Gasteiger charge is 2.24. The minimum absolute atomic E-state index is 0.0781. The molecule has 0 spiro atoms. The van der Waals surface area contributed by atoms with Gasteiger partial charge >= 0.3 is 6.03 Å². The third-order valence-electron chi connectivity index (χ3n) is 4.24. The van der Waals surface area contributed by atoms with E-state index in [1.807, 2.05) is 6.07 Å². The topological polar surface area (TPSA) is 81.6 Å². The molecule has 0 saturated heterocycles. The van der Waals surface area contributed by atoms with Crippen molar-refractivity contribution < 1.29 is 19.4 Å². The summed E-state index contributed by atoms with van der Waals surface area (Å²) in [5.74, 6) is -0.389. The first-order valence-electron chi connectivity index (χ1n) is 7.92. The molecule has 7 heteroatoms. The van der Waals surface area contributed by atoms with E-state index in [1.54, 1.807) is 12.1 Å². The molecule has 1 aliphatic rings. The van der Waals surface area contributed by atoms with Crippen LogP contribution in [-0.4, -0.2) is 22.8 Å². The minimum Gasteiger partial charge on any atom is -0.508 e. The van der Waals surface area contributed by atoms with Crippen LogP contribution in [0.3, 0.4) is 0 Å². The average molecular weight is 365 g/mol. The van der Waals surface area contributed by atoms with Gasteiger partial charge in [-0.1, -0.05) is 17.7 Å². The molecule has 2 atom stereocenters. The zero-order valence-electron chi connectivity index (χ0n) is 13.3. The van der Waals surface area contributed by atoms with E-state index in [9.17, 15) is 19.4 Å². The Morgan fingerprint density at radius 2 is 2.12 bits per heavy atom. The van der Waals surface area contributed by atoms with E-state index in [1.165, 1.54) is 12.1 Å². The molecule has 3 rings (SSSR count). The molecule has 2 aromatic rings. The number of carbonyl (C=O) groups excluding carboxylic acids is 1. The molecular formula is C18H18ClFN2O3. The number of nitrogens with one attached hydrogen (secondary N) is 2. The molecule has 132 valence electrons. The predicted octanol–water partition coefficient (Wildman–Crippen LogP) is 3.20. The number of fused-ring (bicyclic) bond motifs is 1. The van der Waals surface area contributed by atoms with E-state index < -0.39 is 18.0 Å². The molecule has 2 amide bonds. The van der Waals surface area contributed by atoms with Crippen LogP contribution in [0, 0.1) is 5.82 Å². The Kier molecular flexibility index (Phi) is 5.11. The lowest BCUT2D eigenvalue weighted by Gasteiger charge is -2.17. The Balaban J connectivity index is 1.56. The van der Waals surface area contributed by atoms with Crippen LogP contribution in [0.5, 0.6) is 5.75 Å². The van der Waals surface area contributed by atoms with Crippen LogP contribution < -0.4 is 10.6 Å². The molecule has 5 nitrogen and oxygen atoms in total. The quantitative estimate of drug-likeness (QED) is 0.672. The van der Waals surface area contributed by atoms with Crippen LogP contribution >= 0.6 is 11.6 Å². The van der Waals surface area contributed by atoms with Crippen molar-refractivity contribution in [3.8, 4) is 5.75 Å². The number of aromatic hydroxyl groups is 1. The second-order valence-electron chi connectivity index (χ2n) is 6.05. The maximum absolute atomic E-state index is 13.3. The van der Waals surface area contributed by atoms with Crippen molar-refractivity contribution in [2.45, 2.75) is 25.0 Å². The average Bonchev–Trinajstić information content (AvgIpc) is 2.94. The van der Waals surface area contributed by atoms with Crippen molar-refractivity contribution in [1.29, 1.82) is 0 Å². The van der Waals surface area contributed by atoms with Crippen LogP contribution in [0.2, 0.25) is 5.02 Å². The number of urea groups is 1.